The van der Waals surface area contributed by atoms with Crippen molar-refractivity contribution >= 4 is 24.0 Å². The highest BCUT2D eigenvalue weighted by atomic mass is 35.5. The van der Waals surface area contributed by atoms with Gasteiger partial charge in [0.1, 0.15) is 0 Å². The van der Waals surface area contributed by atoms with Gasteiger partial charge in [0.15, 0.2) is 0 Å². The number of aryl methyl sites for hydroxylation is 3. The minimum Gasteiger partial charge on any atom is -0.324 e. The van der Waals surface area contributed by atoms with Crippen molar-refractivity contribution in [3.05, 3.63) is 28.8 Å². The summed E-state index contributed by atoms with van der Waals surface area (Å²) in [6.45, 7) is 11.7. The summed E-state index contributed by atoms with van der Waals surface area (Å²) in [5.74, 6) is 0.155. The number of nitrogens with one attached hydrogen (secondary N) is 1. The van der Waals surface area contributed by atoms with Crippen molar-refractivity contribution in [2.45, 2.75) is 66.0 Å². The van der Waals surface area contributed by atoms with Crippen LogP contribution >= 0.6 is 12.4 Å². The number of amides is 1. The van der Waals surface area contributed by atoms with Gasteiger partial charge in [-0.3, -0.25) is 9.69 Å². The van der Waals surface area contributed by atoms with Crippen LogP contribution in [0.5, 0.6) is 0 Å². The number of carbonyl (C=O) groups excluding carboxylic acids is 1. The molecular weight excluding hydrogens is 296 g/mol. The Morgan fingerprint density at radius 2 is 1.91 bits per heavy atom. The molecule has 0 radical (unpaired) electrons. The van der Waals surface area contributed by atoms with Gasteiger partial charge in [0.05, 0.1) is 6.04 Å². The Labute approximate surface area is 140 Å². The summed E-state index contributed by atoms with van der Waals surface area (Å²) in [6.07, 6.45) is 3.18. The molecule has 1 N–H and O–H groups in total. The average molecular weight is 325 g/mol. The van der Waals surface area contributed by atoms with Crippen molar-refractivity contribution in [3.63, 3.8) is 0 Å². The number of hydrogen-bond donors (Lipinski definition) is 1. The molecule has 1 aliphatic rings. The van der Waals surface area contributed by atoms with Gasteiger partial charge in [-0.05, 0) is 64.6 Å². The average Bonchev–Trinajstić information content (AvgIpc) is 2.91. The van der Waals surface area contributed by atoms with Gasteiger partial charge in [0.2, 0.25) is 5.91 Å². The highest BCUT2D eigenvalue weighted by Gasteiger charge is 2.33. The van der Waals surface area contributed by atoms with Gasteiger partial charge in [0.25, 0.3) is 0 Å². The van der Waals surface area contributed by atoms with Gasteiger partial charge in [-0.25, -0.2) is 0 Å². The maximum Gasteiger partial charge on any atom is 0.241 e. The summed E-state index contributed by atoms with van der Waals surface area (Å²) in [6, 6.07) is 4.76. The van der Waals surface area contributed by atoms with Crippen LogP contribution in [0, 0.1) is 20.8 Å². The lowest BCUT2D eigenvalue weighted by molar-refractivity contribution is -0.121. The molecule has 124 valence electrons. The molecule has 1 fully saturated rings. The lowest BCUT2D eigenvalue weighted by atomic mass is 10.0. The predicted octanol–water partition coefficient (Wildman–Crippen LogP) is 4.24. The molecule has 3 nitrogen and oxygen atoms in total. The number of halogens is 1. The Morgan fingerprint density at radius 1 is 1.32 bits per heavy atom. The van der Waals surface area contributed by atoms with Crippen LogP contribution < -0.4 is 5.32 Å². The summed E-state index contributed by atoms with van der Waals surface area (Å²) in [7, 11) is 0. The quantitative estimate of drug-likeness (QED) is 0.898. The van der Waals surface area contributed by atoms with E-state index in [0.29, 0.717) is 6.04 Å². The first-order valence-electron chi connectivity index (χ1n) is 8.08. The zero-order chi connectivity index (χ0) is 15.6. The molecule has 22 heavy (non-hydrogen) atoms. The molecule has 2 atom stereocenters. The second-order valence-electron chi connectivity index (χ2n) is 6.42. The van der Waals surface area contributed by atoms with E-state index in [2.05, 4.69) is 57.0 Å². The third kappa shape index (κ3) is 4.02. The lowest BCUT2D eigenvalue weighted by Crippen LogP contribution is -2.44. The molecule has 1 saturated heterocycles. The van der Waals surface area contributed by atoms with Crippen LogP contribution in [0.1, 0.15) is 49.8 Å². The van der Waals surface area contributed by atoms with E-state index >= 15 is 0 Å². The molecule has 1 heterocycles. The smallest absolute Gasteiger partial charge is 0.241 e. The molecular formula is C18H29ClN2O. The molecule has 2 unspecified atom stereocenters. The molecule has 1 aliphatic heterocycles. The second kappa shape index (κ2) is 7.98. The van der Waals surface area contributed by atoms with Crippen molar-refractivity contribution in [1.82, 2.24) is 4.90 Å². The molecule has 0 saturated carbocycles. The van der Waals surface area contributed by atoms with Crippen LogP contribution in [0.2, 0.25) is 0 Å². The number of nitrogens with zero attached hydrogens (tertiary/aromatic N) is 1. The van der Waals surface area contributed by atoms with Gasteiger partial charge < -0.3 is 5.32 Å². The maximum absolute atomic E-state index is 12.7. The fraction of sp³-hybridized carbons (Fsp3) is 0.611. The van der Waals surface area contributed by atoms with Gasteiger partial charge in [0, 0.05) is 11.7 Å². The van der Waals surface area contributed by atoms with Crippen LogP contribution in [-0.4, -0.2) is 29.4 Å². The van der Waals surface area contributed by atoms with E-state index in [4.69, 9.17) is 0 Å². The van der Waals surface area contributed by atoms with E-state index in [1.54, 1.807) is 0 Å². The van der Waals surface area contributed by atoms with Gasteiger partial charge in [-0.2, -0.15) is 0 Å². The third-order valence-corrected chi connectivity index (χ3v) is 4.68. The van der Waals surface area contributed by atoms with Gasteiger partial charge in [-0.15, -0.1) is 12.4 Å². The third-order valence-electron chi connectivity index (χ3n) is 4.68. The predicted molar refractivity (Wildman–Crippen MR) is 96.0 cm³/mol. The van der Waals surface area contributed by atoms with E-state index < -0.39 is 0 Å². The van der Waals surface area contributed by atoms with E-state index in [1.165, 1.54) is 5.56 Å². The van der Waals surface area contributed by atoms with E-state index in [1.807, 2.05) is 0 Å². The Bertz CT molecular complexity index is 507. The number of benzene rings is 1. The summed E-state index contributed by atoms with van der Waals surface area (Å²) in [5, 5.41) is 3.18. The first-order chi connectivity index (χ1) is 9.93. The largest absolute Gasteiger partial charge is 0.324 e. The van der Waals surface area contributed by atoms with Crippen molar-refractivity contribution in [2.24, 2.45) is 0 Å². The van der Waals surface area contributed by atoms with Crippen LogP contribution in [0.3, 0.4) is 0 Å². The molecule has 0 bridgehead atoms. The molecule has 2 rings (SSSR count). The van der Waals surface area contributed by atoms with E-state index in [9.17, 15) is 4.79 Å². The van der Waals surface area contributed by atoms with Crippen LogP contribution in [0.15, 0.2) is 12.1 Å². The lowest BCUT2D eigenvalue weighted by Gasteiger charge is -2.29. The molecule has 1 aromatic rings. The highest BCUT2D eigenvalue weighted by Crippen LogP contribution is 2.26. The van der Waals surface area contributed by atoms with Gasteiger partial charge in [-0.1, -0.05) is 24.6 Å². The van der Waals surface area contributed by atoms with Crippen LogP contribution in [-0.2, 0) is 4.79 Å². The topological polar surface area (TPSA) is 32.3 Å². The molecule has 0 aliphatic carbocycles. The SMILES string of the molecule is CCC(C)N1CCCC1C(=O)Nc1c(C)cc(C)cc1C.Cl. The summed E-state index contributed by atoms with van der Waals surface area (Å²) < 4.78 is 0. The van der Waals surface area contributed by atoms with Gasteiger partial charge >= 0.3 is 0 Å². The summed E-state index contributed by atoms with van der Waals surface area (Å²) in [5.41, 5.74) is 4.52. The Hall–Kier alpha value is -1.06. The fourth-order valence-electron chi connectivity index (χ4n) is 3.42. The molecule has 0 aromatic heterocycles. The molecule has 4 heteroatoms. The van der Waals surface area contributed by atoms with E-state index in [0.717, 1.165) is 42.6 Å². The number of likely N-dealkylation sites (tertiary alicyclic amines) is 1. The maximum atomic E-state index is 12.7. The second-order valence-corrected chi connectivity index (χ2v) is 6.42. The van der Waals surface area contributed by atoms with Crippen LogP contribution in [0.4, 0.5) is 5.69 Å². The van der Waals surface area contributed by atoms with E-state index in [-0.39, 0.29) is 24.4 Å². The number of hydrogen-bond acceptors (Lipinski definition) is 2. The number of carbonyl (C=O) groups is 1. The molecule has 1 aromatic carbocycles. The van der Waals surface area contributed by atoms with Crippen molar-refractivity contribution < 1.29 is 4.79 Å². The summed E-state index contributed by atoms with van der Waals surface area (Å²) in [4.78, 5) is 15.0. The first kappa shape index (κ1) is 19.0. The zero-order valence-corrected chi connectivity index (χ0v) is 15.2. The normalized spacial score (nSPS) is 19.6. The standard InChI is InChI=1S/C18H28N2O.ClH/c1-6-15(5)20-9-7-8-16(20)18(21)19-17-13(3)10-12(2)11-14(17)4;/h10-11,15-16H,6-9H2,1-5H3,(H,19,21);1H. The summed E-state index contributed by atoms with van der Waals surface area (Å²) >= 11 is 0. The fourth-order valence-corrected chi connectivity index (χ4v) is 3.42. The minimum absolute atomic E-state index is 0. The molecule has 0 spiro atoms. The van der Waals surface area contributed by atoms with Crippen molar-refractivity contribution in [1.29, 1.82) is 0 Å². The van der Waals surface area contributed by atoms with Crippen molar-refractivity contribution in [3.8, 4) is 0 Å². The van der Waals surface area contributed by atoms with Crippen LogP contribution in [0.25, 0.3) is 0 Å². The Morgan fingerprint density at radius 3 is 2.45 bits per heavy atom. The molecule has 1 amide bonds. The zero-order valence-electron chi connectivity index (χ0n) is 14.4. The Balaban J connectivity index is 0.00000242. The number of anilines is 1. The monoisotopic (exact) mass is 324 g/mol. The van der Waals surface area contributed by atoms with Crippen molar-refractivity contribution in [2.75, 3.05) is 11.9 Å². The highest BCUT2D eigenvalue weighted by molar-refractivity contribution is 5.96. The number of rotatable bonds is 4. The first-order valence-corrected chi connectivity index (χ1v) is 8.08. The Kier molecular flexibility index (Phi) is 6.89. The minimum atomic E-state index is 0.